The van der Waals surface area contributed by atoms with Crippen LogP contribution in [0.1, 0.15) is 12.8 Å². The smallest absolute Gasteiger partial charge is 0.303 e. The molecule has 0 atom stereocenters. The molecule has 5 nitrogen and oxygen atoms in total. The summed E-state index contributed by atoms with van der Waals surface area (Å²) in [5.74, 6) is -1.20. The number of hydrogen-bond donors (Lipinski definition) is 3. The minimum absolute atomic E-state index is 0.0175. The Hall–Kier alpha value is -2.56. The lowest BCUT2D eigenvalue weighted by Crippen LogP contribution is -2.29. The highest BCUT2D eigenvalue weighted by Gasteiger charge is 2.04. The molecule has 2 aromatic rings. The summed E-state index contributed by atoms with van der Waals surface area (Å²) in [4.78, 5) is 21.7. The van der Waals surface area contributed by atoms with E-state index in [1.165, 1.54) is 0 Å². The van der Waals surface area contributed by atoms with Crippen LogP contribution in [0.2, 0.25) is 0 Å². The quantitative estimate of drug-likeness (QED) is 0.682. The number of hydrogen-bond acceptors (Lipinski definition) is 3. The number of nitrogens with one attached hydrogen (secondary N) is 2. The van der Waals surface area contributed by atoms with Gasteiger partial charge in [-0.15, -0.1) is 0 Å². The van der Waals surface area contributed by atoms with E-state index in [1.807, 2.05) is 42.5 Å². The van der Waals surface area contributed by atoms with Crippen molar-refractivity contribution in [1.82, 2.24) is 5.32 Å². The number of amides is 1. The lowest BCUT2D eigenvalue weighted by atomic mass is 10.1. The van der Waals surface area contributed by atoms with Crippen LogP contribution in [0.4, 0.5) is 5.69 Å². The van der Waals surface area contributed by atoms with E-state index in [1.54, 1.807) is 0 Å². The number of carboxylic acid groups (broad SMARTS) is 1. The van der Waals surface area contributed by atoms with E-state index in [4.69, 9.17) is 5.11 Å². The summed E-state index contributed by atoms with van der Waals surface area (Å²) in [7, 11) is 0. The zero-order chi connectivity index (χ0) is 15.1. The zero-order valence-electron chi connectivity index (χ0n) is 11.6. The second-order valence-corrected chi connectivity index (χ2v) is 4.70. The topological polar surface area (TPSA) is 78.4 Å². The predicted octanol–water partition coefficient (Wildman–Crippen LogP) is 2.23. The van der Waals surface area contributed by atoms with Gasteiger partial charge in [-0.25, -0.2) is 0 Å². The van der Waals surface area contributed by atoms with Gasteiger partial charge in [0.1, 0.15) is 0 Å². The molecule has 0 radical (unpaired) electrons. The Morgan fingerprint density at radius 1 is 0.952 bits per heavy atom. The minimum atomic E-state index is -0.959. The summed E-state index contributed by atoms with van der Waals surface area (Å²) in [6, 6.07) is 14.1. The molecule has 3 N–H and O–H groups in total. The van der Waals surface area contributed by atoms with Gasteiger partial charge in [0, 0.05) is 30.6 Å². The van der Waals surface area contributed by atoms with Crippen molar-refractivity contribution in [2.45, 2.75) is 12.8 Å². The molecule has 0 aliphatic heterocycles. The fraction of sp³-hybridized carbons (Fsp3) is 0.250. The highest BCUT2D eigenvalue weighted by atomic mass is 16.4. The van der Waals surface area contributed by atoms with Crippen molar-refractivity contribution in [1.29, 1.82) is 0 Å². The number of rotatable bonds is 7. The van der Waals surface area contributed by atoms with Gasteiger partial charge >= 0.3 is 5.97 Å². The fourth-order valence-electron chi connectivity index (χ4n) is 2.09. The van der Waals surface area contributed by atoms with Crippen molar-refractivity contribution >= 4 is 28.3 Å². The number of aliphatic carboxylic acids is 1. The van der Waals surface area contributed by atoms with Gasteiger partial charge in [0.15, 0.2) is 0 Å². The average molecular weight is 286 g/mol. The molecule has 5 heteroatoms. The van der Waals surface area contributed by atoms with Crippen molar-refractivity contribution in [3.05, 3.63) is 42.5 Å². The largest absolute Gasteiger partial charge is 0.481 e. The van der Waals surface area contributed by atoms with Gasteiger partial charge in [-0.3, -0.25) is 9.59 Å². The Kier molecular flexibility index (Phi) is 5.15. The van der Waals surface area contributed by atoms with Gasteiger partial charge in [-0.2, -0.15) is 0 Å². The SMILES string of the molecule is O=C(O)CCC(=O)NCCNc1cccc2ccccc12. The third-order valence-corrected chi connectivity index (χ3v) is 3.12. The molecule has 2 rings (SSSR count). The third-order valence-electron chi connectivity index (χ3n) is 3.12. The van der Waals surface area contributed by atoms with Crippen LogP contribution < -0.4 is 10.6 Å². The van der Waals surface area contributed by atoms with Gasteiger partial charge in [0.05, 0.1) is 6.42 Å². The van der Waals surface area contributed by atoms with Crippen LogP contribution in [-0.4, -0.2) is 30.1 Å². The lowest BCUT2D eigenvalue weighted by Gasteiger charge is -2.10. The molecule has 2 aromatic carbocycles. The summed E-state index contributed by atoms with van der Waals surface area (Å²) in [5.41, 5.74) is 1.02. The molecule has 21 heavy (non-hydrogen) atoms. The molecule has 0 unspecified atom stereocenters. The summed E-state index contributed by atoms with van der Waals surface area (Å²) in [6.07, 6.45) is -0.119. The molecule has 0 bridgehead atoms. The van der Waals surface area contributed by atoms with Crippen LogP contribution in [0.3, 0.4) is 0 Å². The second-order valence-electron chi connectivity index (χ2n) is 4.70. The van der Waals surface area contributed by atoms with E-state index in [2.05, 4.69) is 10.6 Å². The summed E-state index contributed by atoms with van der Waals surface area (Å²) < 4.78 is 0. The Labute approximate surface area is 123 Å². The monoisotopic (exact) mass is 286 g/mol. The van der Waals surface area contributed by atoms with Crippen LogP contribution in [-0.2, 0) is 9.59 Å². The Morgan fingerprint density at radius 2 is 1.71 bits per heavy atom. The number of fused-ring (bicyclic) bond motifs is 1. The normalized spacial score (nSPS) is 10.3. The first-order valence-electron chi connectivity index (χ1n) is 6.87. The van der Waals surface area contributed by atoms with Gasteiger partial charge in [0.2, 0.25) is 5.91 Å². The van der Waals surface area contributed by atoms with Gasteiger partial charge in [-0.05, 0) is 11.5 Å². The molecule has 0 heterocycles. The molecule has 110 valence electrons. The van der Waals surface area contributed by atoms with Crippen molar-refractivity contribution in [3.63, 3.8) is 0 Å². The standard InChI is InChI=1S/C16H18N2O3/c19-15(8-9-16(20)21)18-11-10-17-14-7-3-5-12-4-1-2-6-13(12)14/h1-7,17H,8-11H2,(H,18,19)(H,20,21). The first-order valence-corrected chi connectivity index (χ1v) is 6.87. The molecule has 1 amide bonds. The zero-order valence-corrected chi connectivity index (χ0v) is 11.6. The number of anilines is 1. The molecule has 0 saturated carbocycles. The Morgan fingerprint density at radius 3 is 2.52 bits per heavy atom. The Bertz CT molecular complexity index is 635. The molecule has 0 aliphatic carbocycles. The maximum Gasteiger partial charge on any atom is 0.303 e. The summed E-state index contributed by atoms with van der Waals surface area (Å²) in [6.45, 7) is 1.05. The van der Waals surface area contributed by atoms with E-state index in [0.29, 0.717) is 13.1 Å². The van der Waals surface area contributed by atoms with Crippen molar-refractivity contribution in [3.8, 4) is 0 Å². The predicted molar refractivity (Wildman–Crippen MR) is 82.3 cm³/mol. The lowest BCUT2D eigenvalue weighted by molar-refractivity contribution is -0.138. The molecule has 0 aliphatic rings. The van der Waals surface area contributed by atoms with E-state index >= 15 is 0 Å². The molecule has 0 fully saturated rings. The fourth-order valence-corrected chi connectivity index (χ4v) is 2.09. The van der Waals surface area contributed by atoms with E-state index in [0.717, 1.165) is 16.5 Å². The number of benzene rings is 2. The number of carbonyl (C=O) groups excluding carboxylic acids is 1. The van der Waals surface area contributed by atoms with Gasteiger partial charge in [0.25, 0.3) is 0 Å². The molecule has 0 saturated heterocycles. The second kappa shape index (κ2) is 7.28. The van der Waals surface area contributed by atoms with E-state index < -0.39 is 5.97 Å². The van der Waals surface area contributed by atoms with Crippen LogP contribution >= 0.6 is 0 Å². The van der Waals surface area contributed by atoms with Crippen LogP contribution in [0.25, 0.3) is 10.8 Å². The highest BCUT2D eigenvalue weighted by Crippen LogP contribution is 2.22. The van der Waals surface area contributed by atoms with Crippen molar-refractivity contribution < 1.29 is 14.7 Å². The third kappa shape index (κ3) is 4.49. The van der Waals surface area contributed by atoms with Crippen LogP contribution in [0.15, 0.2) is 42.5 Å². The summed E-state index contributed by atoms with van der Waals surface area (Å²) >= 11 is 0. The average Bonchev–Trinajstić information content (AvgIpc) is 2.49. The number of carbonyl (C=O) groups is 2. The maximum atomic E-state index is 11.4. The minimum Gasteiger partial charge on any atom is -0.481 e. The molecular weight excluding hydrogens is 268 g/mol. The van der Waals surface area contributed by atoms with E-state index in [-0.39, 0.29) is 18.7 Å². The van der Waals surface area contributed by atoms with E-state index in [9.17, 15) is 9.59 Å². The molecule has 0 spiro atoms. The van der Waals surface area contributed by atoms with Crippen LogP contribution in [0, 0.1) is 0 Å². The Balaban J connectivity index is 1.80. The first-order chi connectivity index (χ1) is 10.2. The van der Waals surface area contributed by atoms with Crippen molar-refractivity contribution in [2.24, 2.45) is 0 Å². The summed E-state index contributed by atoms with van der Waals surface area (Å²) in [5, 5.41) is 16.8. The number of carboxylic acids is 1. The van der Waals surface area contributed by atoms with Gasteiger partial charge in [-0.1, -0.05) is 36.4 Å². The van der Waals surface area contributed by atoms with Crippen LogP contribution in [0.5, 0.6) is 0 Å². The highest BCUT2D eigenvalue weighted by molar-refractivity contribution is 5.93. The van der Waals surface area contributed by atoms with Gasteiger partial charge < -0.3 is 15.7 Å². The molecule has 0 aromatic heterocycles. The molecular formula is C16H18N2O3. The first kappa shape index (κ1) is 14.8. The van der Waals surface area contributed by atoms with Crippen molar-refractivity contribution in [2.75, 3.05) is 18.4 Å². The maximum absolute atomic E-state index is 11.4.